The van der Waals surface area contributed by atoms with Gasteiger partial charge in [-0.2, -0.15) is 0 Å². The first-order valence-electron chi connectivity index (χ1n) is 6.15. The molecule has 0 saturated carbocycles. The van der Waals surface area contributed by atoms with Crippen LogP contribution in [0.15, 0.2) is 22.7 Å². The summed E-state index contributed by atoms with van der Waals surface area (Å²) >= 11 is 3.47. The van der Waals surface area contributed by atoms with E-state index in [4.69, 9.17) is 5.84 Å². The Morgan fingerprint density at radius 2 is 2.37 bits per heavy atom. The SMILES string of the molecule is CC1(O)CCN(Cc2ccc(C(=O)NN)cc2Br)C1. The molecule has 0 radical (unpaired) electrons. The summed E-state index contributed by atoms with van der Waals surface area (Å²) in [6, 6.07) is 5.41. The molecule has 6 heteroatoms. The summed E-state index contributed by atoms with van der Waals surface area (Å²) in [5.74, 6) is 4.79. The zero-order valence-corrected chi connectivity index (χ0v) is 12.4. The molecule has 0 aliphatic carbocycles. The third-order valence-electron chi connectivity index (χ3n) is 3.37. The lowest BCUT2D eigenvalue weighted by Crippen LogP contribution is -2.30. The van der Waals surface area contributed by atoms with Gasteiger partial charge in [0.2, 0.25) is 0 Å². The van der Waals surface area contributed by atoms with Crippen LogP contribution in [0.25, 0.3) is 0 Å². The molecule has 1 heterocycles. The fraction of sp³-hybridized carbons (Fsp3) is 0.462. The maximum absolute atomic E-state index is 11.4. The van der Waals surface area contributed by atoms with E-state index in [1.165, 1.54) is 0 Å². The van der Waals surface area contributed by atoms with Crippen molar-refractivity contribution < 1.29 is 9.90 Å². The highest BCUT2D eigenvalue weighted by molar-refractivity contribution is 9.10. The van der Waals surface area contributed by atoms with Crippen molar-refractivity contribution in [2.24, 2.45) is 5.84 Å². The molecule has 1 aromatic carbocycles. The van der Waals surface area contributed by atoms with E-state index in [0.717, 1.165) is 29.5 Å². The molecule has 1 saturated heterocycles. The number of β-amino-alcohol motifs (C(OH)–C–C–N with tert-alkyl or cyclic N) is 1. The van der Waals surface area contributed by atoms with Gasteiger partial charge in [-0.05, 0) is 31.0 Å². The number of nitrogen functional groups attached to an aromatic ring is 1. The summed E-state index contributed by atoms with van der Waals surface area (Å²) in [6.45, 7) is 4.16. The molecule has 0 aromatic heterocycles. The minimum Gasteiger partial charge on any atom is -0.389 e. The van der Waals surface area contributed by atoms with Crippen LogP contribution in [-0.2, 0) is 6.54 Å². The van der Waals surface area contributed by atoms with Crippen molar-refractivity contribution in [2.75, 3.05) is 13.1 Å². The number of hydrazine groups is 1. The lowest BCUT2D eigenvalue weighted by Gasteiger charge is -2.19. The van der Waals surface area contributed by atoms with Crippen LogP contribution in [0.3, 0.4) is 0 Å². The monoisotopic (exact) mass is 327 g/mol. The van der Waals surface area contributed by atoms with E-state index in [2.05, 4.69) is 26.3 Å². The molecule has 0 bridgehead atoms. The van der Waals surface area contributed by atoms with E-state index in [-0.39, 0.29) is 5.91 Å². The molecule has 1 aliphatic heterocycles. The van der Waals surface area contributed by atoms with E-state index >= 15 is 0 Å². The van der Waals surface area contributed by atoms with Gasteiger partial charge in [-0.25, -0.2) is 5.84 Å². The van der Waals surface area contributed by atoms with Crippen LogP contribution in [0.1, 0.15) is 29.3 Å². The van der Waals surface area contributed by atoms with Crippen molar-refractivity contribution in [3.63, 3.8) is 0 Å². The molecule has 1 atom stereocenters. The second-order valence-corrected chi connectivity index (χ2v) is 6.09. The minimum atomic E-state index is -0.591. The lowest BCUT2D eigenvalue weighted by molar-refractivity contribution is 0.0678. The highest BCUT2D eigenvalue weighted by Gasteiger charge is 2.31. The van der Waals surface area contributed by atoms with Crippen molar-refractivity contribution in [2.45, 2.75) is 25.5 Å². The quantitative estimate of drug-likeness (QED) is 0.440. The normalized spacial score (nSPS) is 23.6. The third-order valence-corrected chi connectivity index (χ3v) is 4.11. The second-order valence-electron chi connectivity index (χ2n) is 5.24. The minimum absolute atomic E-state index is 0.309. The van der Waals surface area contributed by atoms with E-state index in [1.807, 2.05) is 13.0 Å². The van der Waals surface area contributed by atoms with Gasteiger partial charge >= 0.3 is 0 Å². The number of amides is 1. The third kappa shape index (κ3) is 3.54. The van der Waals surface area contributed by atoms with Gasteiger partial charge in [-0.1, -0.05) is 22.0 Å². The molecule has 1 aliphatic rings. The summed E-state index contributed by atoms with van der Waals surface area (Å²) in [5, 5.41) is 9.94. The first kappa shape index (κ1) is 14.5. The maximum atomic E-state index is 11.4. The van der Waals surface area contributed by atoms with Gasteiger partial charge in [-0.3, -0.25) is 15.1 Å². The standard InChI is InChI=1S/C13H18BrN3O2/c1-13(19)4-5-17(8-13)7-10-3-2-9(6-11(10)14)12(18)16-15/h2-3,6,19H,4-5,7-8,15H2,1H3,(H,16,18). The number of nitrogens with zero attached hydrogens (tertiary/aromatic N) is 1. The van der Waals surface area contributed by atoms with Gasteiger partial charge in [0.15, 0.2) is 0 Å². The summed E-state index contributed by atoms with van der Waals surface area (Å²) in [5.41, 5.74) is 3.13. The Bertz CT molecular complexity index is 491. The molecular weight excluding hydrogens is 310 g/mol. The second kappa shape index (κ2) is 5.58. The maximum Gasteiger partial charge on any atom is 0.265 e. The Hall–Kier alpha value is -0.950. The van der Waals surface area contributed by atoms with Gasteiger partial charge in [0.05, 0.1) is 5.60 Å². The first-order valence-corrected chi connectivity index (χ1v) is 6.95. The highest BCUT2D eigenvalue weighted by Crippen LogP contribution is 2.25. The molecule has 1 aromatic rings. The number of carbonyl (C=O) groups excluding carboxylic acids is 1. The Morgan fingerprint density at radius 1 is 1.63 bits per heavy atom. The molecule has 19 heavy (non-hydrogen) atoms. The topological polar surface area (TPSA) is 78.6 Å². The number of nitrogens with two attached hydrogens (primary N) is 1. The molecule has 1 amide bonds. The number of hydrogen-bond acceptors (Lipinski definition) is 4. The fourth-order valence-electron chi connectivity index (χ4n) is 2.31. The zero-order valence-electron chi connectivity index (χ0n) is 10.8. The van der Waals surface area contributed by atoms with Crippen LogP contribution >= 0.6 is 15.9 Å². The predicted molar refractivity (Wildman–Crippen MR) is 76.3 cm³/mol. The van der Waals surface area contributed by atoms with Crippen molar-refractivity contribution in [3.8, 4) is 0 Å². The molecule has 1 unspecified atom stereocenters. The molecule has 1 fully saturated rings. The van der Waals surface area contributed by atoms with Crippen LogP contribution in [0.4, 0.5) is 0 Å². The van der Waals surface area contributed by atoms with Crippen molar-refractivity contribution in [3.05, 3.63) is 33.8 Å². The van der Waals surface area contributed by atoms with Gasteiger partial charge in [-0.15, -0.1) is 0 Å². The van der Waals surface area contributed by atoms with Gasteiger partial charge in [0.25, 0.3) is 5.91 Å². The largest absolute Gasteiger partial charge is 0.389 e. The van der Waals surface area contributed by atoms with Crippen LogP contribution in [0.2, 0.25) is 0 Å². The molecule has 0 spiro atoms. The average molecular weight is 328 g/mol. The highest BCUT2D eigenvalue weighted by atomic mass is 79.9. The van der Waals surface area contributed by atoms with Crippen LogP contribution in [0, 0.1) is 0 Å². The van der Waals surface area contributed by atoms with Crippen molar-refractivity contribution in [1.82, 2.24) is 10.3 Å². The number of rotatable bonds is 3. The van der Waals surface area contributed by atoms with E-state index in [0.29, 0.717) is 12.1 Å². The molecule has 104 valence electrons. The van der Waals surface area contributed by atoms with E-state index in [1.54, 1.807) is 12.1 Å². The number of hydrogen-bond donors (Lipinski definition) is 3. The first-order chi connectivity index (χ1) is 8.91. The molecular formula is C13H18BrN3O2. The zero-order chi connectivity index (χ0) is 14.0. The molecule has 4 N–H and O–H groups in total. The lowest BCUT2D eigenvalue weighted by atomic mass is 10.1. The Labute approximate surface area is 120 Å². The van der Waals surface area contributed by atoms with E-state index in [9.17, 15) is 9.90 Å². The number of carbonyl (C=O) groups is 1. The van der Waals surface area contributed by atoms with Crippen LogP contribution in [-0.4, -0.2) is 34.6 Å². The predicted octanol–water partition coefficient (Wildman–Crippen LogP) is 1.01. The summed E-state index contributed by atoms with van der Waals surface area (Å²) in [4.78, 5) is 13.6. The number of likely N-dealkylation sites (tertiary alicyclic amines) is 1. The fourth-order valence-corrected chi connectivity index (χ4v) is 2.82. The van der Waals surface area contributed by atoms with Gasteiger partial charge in [0, 0.05) is 29.7 Å². The number of benzene rings is 1. The Morgan fingerprint density at radius 3 is 2.89 bits per heavy atom. The smallest absolute Gasteiger partial charge is 0.265 e. The van der Waals surface area contributed by atoms with Gasteiger partial charge < -0.3 is 5.11 Å². The van der Waals surface area contributed by atoms with Crippen molar-refractivity contribution in [1.29, 1.82) is 0 Å². The number of nitrogens with one attached hydrogen (secondary N) is 1. The summed E-state index contributed by atoms with van der Waals surface area (Å²) < 4.78 is 0.875. The van der Waals surface area contributed by atoms with Crippen LogP contribution < -0.4 is 11.3 Å². The van der Waals surface area contributed by atoms with Gasteiger partial charge in [0.1, 0.15) is 0 Å². The molecule has 5 nitrogen and oxygen atoms in total. The Kier molecular flexibility index (Phi) is 4.25. The van der Waals surface area contributed by atoms with Crippen LogP contribution in [0.5, 0.6) is 0 Å². The summed E-state index contributed by atoms with van der Waals surface area (Å²) in [6.07, 6.45) is 0.790. The summed E-state index contributed by atoms with van der Waals surface area (Å²) in [7, 11) is 0. The number of aliphatic hydroxyl groups is 1. The molecule has 2 rings (SSSR count). The average Bonchev–Trinajstić information content (AvgIpc) is 2.70. The number of halogens is 1. The van der Waals surface area contributed by atoms with E-state index < -0.39 is 5.60 Å². The Balaban J connectivity index is 2.08. The van der Waals surface area contributed by atoms with Crippen molar-refractivity contribution >= 4 is 21.8 Å².